The maximum Gasteiger partial charge on any atom is 0.232 e. The molecule has 7 nitrogen and oxygen atoms in total. The molecule has 0 unspecified atom stereocenters. The minimum atomic E-state index is -0.656. The Bertz CT molecular complexity index is 2290. The van der Waals surface area contributed by atoms with E-state index in [4.69, 9.17) is 4.74 Å². The van der Waals surface area contributed by atoms with E-state index in [0.29, 0.717) is 27.7 Å². The summed E-state index contributed by atoms with van der Waals surface area (Å²) in [5.41, 5.74) is 5.48. The molecule has 0 spiro atoms. The number of benzene rings is 4. The molecule has 7 aromatic rings. The topological polar surface area (TPSA) is 89.9 Å². The first-order valence-electron chi connectivity index (χ1n) is 14.5. The highest BCUT2D eigenvalue weighted by Gasteiger charge is 2.22. The fourth-order valence-electron chi connectivity index (χ4n) is 5.83. The highest BCUT2D eigenvalue weighted by molar-refractivity contribution is 6.02. The highest BCUT2D eigenvalue weighted by Crippen LogP contribution is 2.36. The van der Waals surface area contributed by atoms with Crippen LogP contribution in [0.5, 0.6) is 11.6 Å². The molecular weight excluding hydrogens is 567 g/mol. The van der Waals surface area contributed by atoms with Crippen LogP contribution in [0, 0.1) is 19.7 Å². The molecule has 0 aliphatic rings. The SMILES string of the molecule is Cc1ccc2c(c1)c(=O)c(C(=O)Cc1ccc(Oc3ncnc4[nH]cc(-c5ccccc5)c34)c(F)c1)c(C)n2-c1ccccc1. The van der Waals surface area contributed by atoms with Crippen molar-refractivity contribution < 1.29 is 13.9 Å². The van der Waals surface area contributed by atoms with Gasteiger partial charge in [-0.2, -0.15) is 0 Å². The summed E-state index contributed by atoms with van der Waals surface area (Å²) >= 11 is 0. The average Bonchev–Trinajstić information content (AvgIpc) is 3.49. The highest BCUT2D eigenvalue weighted by atomic mass is 19.1. The van der Waals surface area contributed by atoms with Gasteiger partial charge in [0.05, 0.1) is 16.5 Å². The monoisotopic (exact) mass is 594 g/mol. The zero-order valence-corrected chi connectivity index (χ0v) is 24.5. The summed E-state index contributed by atoms with van der Waals surface area (Å²) < 4.78 is 23.4. The van der Waals surface area contributed by atoms with E-state index in [-0.39, 0.29) is 29.0 Å². The lowest BCUT2D eigenvalue weighted by molar-refractivity contribution is 0.0991. The summed E-state index contributed by atoms with van der Waals surface area (Å²) in [4.78, 5) is 39.2. The van der Waals surface area contributed by atoms with Gasteiger partial charge < -0.3 is 14.3 Å². The molecule has 3 heterocycles. The summed E-state index contributed by atoms with van der Waals surface area (Å²) in [7, 11) is 0. The Balaban J connectivity index is 1.22. The van der Waals surface area contributed by atoms with Crippen molar-refractivity contribution in [2.45, 2.75) is 20.3 Å². The second kappa shape index (κ2) is 11.3. The number of pyridine rings is 1. The van der Waals surface area contributed by atoms with Crippen LogP contribution in [-0.2, 0) is 6.42 Å². The number of ketones is 1. The maximum absolute atomic E-state index is 15.5. The van der Waals surface area contributed by atoms with Gasteiger partial charge in [-0.05, 0) is 61.4 Å². The number of H-pyrrole nitrogens is 1. The number of carbonyl (C=O) groups is 1. The van der Waals surface area contributed by atoms with Gasteiger partial charge in [-0.3, -0.25) is 9.59 Å². The van der Waals surface area contributed by atoms with Crippen molar-refractivity contribution in [3.8, 4) is 28.4 Å². The molecule has 0 radical (unpaired) electrons. The van der Waals surface area contributed by atoms with Gasteiger partial charge in [0.15, 0.2) is 17.3 Å². The maximum atomic E-state index is 15.5. The lowest BCUT2D eigenvalue weighted by atomic mass is 9.98. The summed E-state index contributed by atoms with van der Waals surface area (Å²) in [5.74, 6) is -0.894. The summed E-state index contributed by atoms with van der Waals surface area (Å²) in [6, 6.07) is 29.3. The lowest BCUT2D eigenvalue weighted by Crippen LogP contribution is -2.23. The molecule has 0 saturated heterocycles. The third-order valence-corrected chi connectivity index (χ3v) is 7.94. The molecular formula is C37H27FN4O3. The van der Waals surface area contributed by atoms with Gasteiger partial charge >= 0.3 is 0 Å². The van der Waals surface area contributed by atoms with Crippen molar-refractivity contribution in [2.75, 3.05) is 0 Å². The van der Waals surface area contributed by atoms with E-state index in [1.165, 1.54) is 18.5 Å². The summed E-state index contributed by atoms with van der Waals surface area (Å²) in [5, 5.41) is 1.08. The normalized spacial score (nSPS) is 11.3. The number of nitrogens with one attached hydrogen (secondary N) is 1. The van der Waals surface area contributed by atoms with E-state index in [2.05, 4.69) is 15.0 Å². The Labute approximate surface area is 257 Å². The lowest BCUT2D eigenvalue weighted by Gasteiger charge is -2.18. The first-order chi connectivity index (χ1) is 21.9. The number of aromatic amines is 1. The minimum absolute atomic E-state index is 0.0461. The standard InChI is InChI=1S/C37H27FN4O3/c1-22-13-15-30-27(17-22)35(44)33(23(2)42(30)26-11-7-4-8-12-26)31(43)19-24-14-16-32(29(38)18-24)45-37-34-28(25-9-5-3-6-10-25)20-39-36(34)40-21-41-37/h3-18,20-21H,19H2,1-2H3,(H,39,40,41). The molecule has 0 saturated carbocycles. The molecule has 0 amide bonds. The Morgan fingerprint density at radius 2 is 1.67 bits per heavy atom. The van der Waals surface area contributed by atoms with E-state index < -0.39 is 11.6 Å². The third kappa shape index (κ3) is 5.06. The minimum Gasteiger partial charge on any atom is -0.435 e. The second-order valence-electron chi connectivity index (χ2n) is 10.9. The molecule has 3 aromatic heterocycles. The van der Waals surface area contributed by atoms with Crippen LogP contribution < -0.4 is 10.2 Å². The number of carbonyl (C=O) groups excluding carboxylic acids is 1. The molecule has 0 aliphatic carbocycles. The summed E-state index contributed by atoms with van der Waals surface area (Å²) in [6.07, 6.45) is 3.01. The van der Waals surface area contributed by atoms with E-state index in [1.54, 1.807) is 19.1 Å². The molecule has 0 bridgehead atoms. The van der Waals surface area contributed by atoms with E-state index in [1.807, 2.05) is 90.5 Å². The Hall–Kier alpha value is -5.89. The third-order valence-electron chi connectivity index (χ3n) is 7.94. The number of aryl methyl sites for hydroxylation is 1. The number of aromatic nitrogens is 4. The van der Waals surface area contributed by atoms with Crippen LogP contribution >= 0.6 is 0 Å². The van der Waals surface area contributed by atoms with E-state index >= 15 is 4.39 Å². The van der Waals surface area contributed by atoms with Gasteiger partial charge in [0, 0.05) is 34.9 Å². The van der Waals surface area contributed by atoms with Crippen molar-refractivity contribution >= 4 is 27.7 Å². The van der Waals surface area contributed by atoms with E-state index in [0.717, 1.165) is 27.9 Å². The van der Waals surface area contributed by atoms with Gasteiger partial charge in [-0.1, -0.05) is 66.2 Å². The van der Waals surface area contributed by atoms with Gasteiger partial charge in [0.25, 0.3) is 0 Å². The van der Waals surface area contributed by atoms with Crippen molar-refractivity contribution in [3.63, 3.8) is 0 Å². The number of nitrogens with zero attached hydrogens (tertiary/aromatic N) is 3. The average molecular weight is 595 g/mol. The zero-order valence-electron chi connectivity index (χ0n) is 24.5. The van der Waals surface area contributed by atoms with Crippen LogP contribution in [0.4, 0.5) is 4.39 Å². The molecule has 8 heteroatoms. The van der Waals surface area contributed by atoms with Gasteiger partial charge in [0.2, 0.25) is 11.3 Å². The van der Waals surface area contributed by atoms with E-state index in [9.17, 15) is 9.59 Å². The van der Waals surface area contributed by atoms with Crippen molar-refractivity contribution in [1.29, 1.82) is 0 Å². The van der Waals surface area contributed by atoms with Gasteiger partial charge in [0.1, 0.15) is 12.0 Å². The molecule has 45 heavy (non-hydrogen) atoms. The van der Waals surface area contributed by atoms with Gasteiger partial charge in [-0.15, -0.1) is 0 Å². The van der Waals surface area contributed by atoms with Crippen LogP contribution in [0.3, 0.4) is 0 Å². The number of ether oxygens (including phenoxy) is 1. The molecule has 1 N–H and O–H groups in total. The second-order valence-corrected chi connectivity index (χ2v) is 10.9. The Kier molecular flexibility index (Phi) is 7.02. The number of rotatable bonds is 7. The predicted octanol–water partition coefficient (Wildman–Crippen LogP) is 7.90. The fraction of sp³-hybridized carbons (Fsp3) is 0.0811. The number of hydrogen-bond acceptors (Lipinski definition) is 5. The fourth-order valence-corrected chi connectivity index (χ4v) is 5.83. The zero-order chi connectivity index (χ0) is 31.1. The molecule has 0 fully saturated rings. The van der Waals surface area contributed by atoms with Crippen LogP contribution in [0.2, 0.25) is 0 Å². The Morgan fingerprint density at radius 3 is 2.42 bits per heavy atom. The number of hydrogen-bond donors (Lipinski definition) is 1. The smallest absolute Gasteiger partial charge is 0.232 e. The van der Waals surface area contributed by atoms with Crippen LogP contribution in [0.25, 0.3) is 38.8 Å². The number of halogens is 1. The summed E-state index contributed by atoms with van der Waals surface area (Å²) in [6.45, 7) is 3.68. The van der Waals surface area contributed by atoms with Crippen LogP contribution in [-0.4, -0.2) is 25.3 Å². The van der Waals surface area contributed by atoms with Crippen molar-refractivity contribution in [2.24, 2.45) is 0 Å². The molecule has 7 rings (SSSR count). The number of para-hydroxylation sites is 1. The van der Waals surface area contributed by atoms with Crippen LogP contribution in [0.15, 0.2) is 114 Å². The largest absolute Gasteiger partial charge is 0.435 e. The van der Waals surface area contributed by atoms with Crippen LogP contribution in [0.1, 0.15) is 27.2 Å². The predicted molar refractivity (Wildman–Crippen MR) is 173 cm³/mol. The first kappa shape index (κ1) is 27.9. The molecule has 0 atom stereocenters. The van der Waals surface area contributed by atoms with Crippen molar-refractivity contribution in [3.05, 3.63) is 148 Å². The van der Waals surface area contributed by atoms with Crippen molar-refractivity contribution in [1.82, 2.24) is 19.5 Å². The molecule has 220 valence electrons. The molecule has 4 aromatic carbocycles. The number of fused-ring (bicyclic) bond motifs is 2. The first-order valence-corrected chi connectivity index (χ1v) is 14.5. The molecule has 0 aliphatic heterocycles. The quantitative estimate of drug-likeness (QED) is 0.190. The van der Waals surface area contributed by atoms with Gasteiger partial charge in [-0.25, -0.2) is 14.4 Å². The number of Topliss-reactive ketones (excluding diaryl/α,β-unsaturated/α-hetero) is 1. The Morgan fingerprint density at radius 1 is 0.911 bits per heavy atom.